The van der Waals surface area contributed by atoms with E-state index in [0.717, 1.165) is 32.5 Å². The van der Waals surface area contributed by atoms with Gasteiger partial charge >= 0.3 is 0 Å². The number of anilines is 1. The summed E-state index contributed by atoms with van der Waals surface area (Å²) in [5.74, 6) is 0.502. The fourth-order valence-electron chi connectivity index (χ4n) is 2.76. The quantitative estimate of drug-likeness (QED) is 0.868. The van der Waals surface area contributed by atoms with E-state index in [1.54, 1.807) is 0 Å². The van der Waals surface area contributed by atoms with Gasteiger partial charge in [0.05, 0.1) is 0 Å². The molecule has 1 fully saturated rings. The molecule has 1 heterocycles. The van der Waals surface area contributed by atoms with Gasteiger partial charge in [-0.15, -0.1) is 0 Å². The zero-order valence-corrected chi connectivity index (χ0v) is 13.0. The third-order valence-corrected chi connectivity index (χ3v) is 4.26. The zero-order valence-electron chi connectivity index (χ0n) is 13.0. The number of hydrogen-bond acceptors (Lipinski definition) is 3. The van der Waals surface area contributed by atoms with Crippen LogP contribution in [0.1, 0.15) is 37.8 Å². The van der Waals surface area contributed by atoms with Crippen molar-refractivity contribution >= 4 is 5.69 Å². The molecule has 1 aliphatic rings. The molecule has 0 spiro atoms. The summed E-state index contributed by atoms with van der Waals surface area (Å²) in [5, 5.41) is 12.7. The minimum Gasteiger partial charge on any atom is -0.396 e. The summed E-state index contributed by atoms with van der Waals surface area (Å²) in [6.07, 6.45) is 2.21. The lowest BCUT2D eigenvalue weighted by Crippen LogP contribution is -2.34. The molecule has 0 aliphatic carbocycles. The predicted octanol–water partition coefficient (Wildman–Crippen LogP) is 2.70. The lowest BCUT2D eigenvalue weighted by molar-refractivity contribution is 0.203. The van der Waals surface area contributed by atoms with Crippen LogP contribution in [0, 0.1) is 12.8 Å². The van der Waals surface area contributed by atoms with Crippen LogP contribution in [-0.4, -0.2) is 30.8 Å². The van der Waals surface area contributed by atoms with Crippen LogP contribution in [0.25, 0.3) is 0 Å². The molecule has 1 aromatic rings. The number of hydrogen-bond donors (Lipinski definition) is 2. The Bertz CT molecular complexity index is 423. The number of aryl methyl sites for hydroxylation is 1. The van der Waals surface area contributed by atoms with Crippen molar-refractivity contribution < 1.29 is 5.11 Å². The SMILES string of the molecule is Cc1cc(N2CCC(CO)CC2)ccc1CNC(C)C. The maximum Gasteiger partial charge on any atom is 0.0460 e. The van der Waals surface area contributed by atoms with Crippen molar-refractivity contribution in [3.63, 3.8) is 0 Å². The van der Waals surface area contributed by atoms with E-state index in [4.69, 9.17) is 0 Å². The largest absolute Gasteiger partial charge is 0.396 e. The average Bonchev–Trinajstić information content (AvgIpc) is 2.46. The molecule has 0 unspecified atom stereocenters. The number of aliphatic hydroxyl groups is 1. The van der Waals surface area contributed by atoms with Gasteiger partial charge in [-0.05, 0) is 48.9 Å². The summed E-state index contributed by atoms with van der Waals surface area (Å²) in [6, 6.07) is 7.31. The van der Waals surface area contributed by atoms with E-state index in [2.05, 4.69) is 49.2 Å². The van der Waals surface area contributed by atoms with Gasteiger partial charge in [0.1, 0.15) is 0 Å². The van der Waals surface area contributed by atoms with Crippen molar-refractivity contribution in [1.29, 1.82) is 0 Å². The van der Waals surface area contributed by atoms with Gasteiger partial charge in [-0.3, -0.25) is 0 Å². The Hall–Kier alpha value is -1.06. The van der Waals surface area contributed by atoms with Gasteiger partial charge in [-0.25, -0.2) is 0 Å². The maximum atomic E-state index is 9.21. The van der Waals surface area contributed by atoms with Crippen LogP contribution < -0.4 is 10.2 Å². The van der Waals surface area contributed by atoms with E-state index in [1.165, 1.54) is 16.8 Å². The third-order valence-electron chi connectivity index (χ3n) is 4.26. The highest BCUT2D eigenvalue weighted by Gasteiger charge is 2.18. The van der Waals surface area contributed by atoms with E-state index in [-0.39, 0.29) is 0 Å². The standard InChI is InChI=1S/C17H28N2O/c1-13(2)18-11-16-4-5-17(10-14(16)3)19-8-6-15(12-20)7-9-19/h4-5,10,13,15,18,20H,6-9,11-12H2,1-3H3. The van der Waals surface area contributed by atoms with Crippen LogP contribution in [0.3, 0.4) is 0 Å². The van der Waals surface area contributed by atoms with Gasteiger partial charge in [0.15, 0.2) is 0 Å². The molecule has 112 valence electrons. The molecular formula is C17H28N2O. The lowest BCUT2D eigenvalue weighted by Gasteiger charge is -2.33. The van der Waals surface area contributed by atoms with Crippen LogP contribution in [0.5, 0.6) is 0 Å². The lowest BCUT2D eigenvalue weighted by atomic mass is 9.97. The second-order valence-electron chi connectivity index (χ2n) is 6.26. The van der Waals surface area contributed by atoms with Crippen molar-refractivity contribution in [3.05, 3.63) is 29.3 Å². The molecule has 1 aromatic carbocycles. The van der Waals surface area contributed by atoms with Crippen LogP contribution in [0.15, 0.2) is 18.2 Å². The highest BCUT2D eigenvalue weighted by molar-refractivity contribution is 5.51. The molecule has 0 saturated carbocycles. The minimum absolute atomic E-state index is 0.340. The van der Waals surface area contributed by atoms with Gasteiger partial charge in [0, 0.05) is 38.0 Å². The second kappa shape index (κ2) is 7.09. The van der Waals surface area contributed by atoms with Crippen molar-refractivity contribution in [1.82, 2.24) is 5.32 Å². The zero-order chi connectivity index (χ0) is 14.5. The molecule has 20 heavy (non-hydrogen) atoms. The van der Waals surface area contributed by atoms with Crippen molar-refractivity contribution in [2.24, 2.45) is 5.92 Å². The summed E-state index contributed by atoms with van der Waals surface area (Å²) in [4.78, 5) is 2.44. The molecule has 0 radical (unpaired) electrons. The first kappa shape index (κ1) is 15.3. The molecule has 0 amide bonds. The Morgan fingerprint density at radius 3 is 2.55 bits per heavy atom. The van der Waals surface area contributed by atoms with Crippen LogP contribution in [0.2, 0.25) is 0 Å². The van der Waals surface area contributed by atoms with Crippen molar-refractivity contribution in [2.75, 3.05) is 24.6 Å². The van der Waals surface area contributed by atoms with Crippen LogP contribution in [-0.2, 0) is 6.54 Å². The first-order valence-electron chi connectivity index (χ1n) is 7.79. The molecule has 2 rings (SSSR count). The molecule has 3 nitrogen and oxygen atoms in total. The number of benzene rings is 1. The Kier molecular flexibility index (Phi) is 5.44. The first-order valence-corrected chi connectivity index (χ1v) is 7.79. The summed E-state index contributed by atoms with van der Waals surface area (Å²) >= 11 is 0. The number of nitrogens with zero attached hydrogens (tertiary/aromatic N) is 1. The monoisotopic (exact) mass is 276 g/mol. The van der Waals surface area contributed by atoms with Crippen LogP contribution >= 0.6 is 0 Å². The van der Waals surface area contributed by atoms with Crippen molar-refractivity contribution in [3.8, 4) is 0 Å². The summed E-state index contributed by atoms with van der Waals surface area (Å²) in [7, 11) is 0. The van der Waals surface area contributed by atoms with E-state index < -0.39 is 0 Å². The third kappa shape index (κ3) is 3.97. The maximum absolute atomic E-state index is 9.21. The smallest absolute Gasteiger partial charge is 0.0460 e. The number of rotatable bonds is 5. The molecule has 0 bridgehead atoms. The molecular weight excluding hydrogens is 248 g/mol. The molecule has 0 atom stereocenters. The Morgan fingerprint density at radius 2 is 2.00 bits per heavy atom. The van der Waals surface area contributed by atoms with E-state index in [1.807, 2.05) is 0 Å². The van der Waals surface area contributed by atoms with E-state index in [9.17, 15) is 5.11 Å². The second-order valence-corrected chi connectivity index (χ2v) is 6.26. The highest BCUT2D eigenvalue weighted by atomic mass is 16.3. The minimum atomic E-state index is 0.340. The Labute approximate surface area is 123 Å². The van der Waals surface area contributed by atoms with Gasteiger partial charge in [-0.2, -0.15) is 0 Å². The van der Waals surface area contributed by atoms with Gasteiger partial charge in [0.25, 0.3) is 0 Å². The molecule has 2 N–H and O–H groups in total. The normalized spacial score (nSPS) is 16.9. The topological polar surface area (TPSA) is 35.5 Å². The molecule has 1 aliphatic heterocycles. The first-order chi connectivity index (χ1) is 9.60. The van der Waals surface area contributed by atoms with Crippen molar-refractivity contribution in [2.45, 2.75) is 46.2 Å². The molecule has 0 aromatic heterocycles. The van der Waals surface area contributed by atoms with Gasteiger partial charge < -0.3 is 15.3 Å². The molecule has 1 saturated heterocycles. The predicted molar refractivity (Wildman–Crippen MR) is 85.2 cm³/mol. The number of nitrogens with one attached hydrogen (secondary N) is 1. The fraction of sp³-hybridized carbons (Fsp3) is 0.647. The summed E-state index contributed by atoms with van der Waals surface area (Å²) < 4.78 is 0. The van der Waals surface area contributed by atoms with E-state index in [0.29, 0.717) is 18.6 Å². The number of piperidine rings is 1. The van der Waals surface area contributed by atoms with E-state index >= 15 is 0 Å². The molecule has 3 heteroatoms. The summed E-state index contributed by atoms with van der Waals surface area (Å²) in [6.45, 7) is 9.96. The van der Waals surface area contributed by atoms with Crippen LogP contribution in [0.4, 0.5) is 5.69 Å². The Morgan fingerprint density at radius 1 is 1.30 bits per heavy atom. The van der Waals surface area contributed by atoms with Gasteiger partial charge in [0.2, 0.25) is 0 Å². The summed E-state index contributed by atoms with van der Waals surface area (Å²) in [5.41, 5.74) is 4.07. The number of aliphatic hydroxyl groups excluding tert-OH is 1. The Balaban J connectivity index is 1.98. The highest BCUT2D eigenvalue weighted by Crippen LogP contribution is 2.25. The fourth-order valence-corrected chi connectivity index (χ4v) is 2.76. The average molecular weight is 276 g/mol. The van der Waals surface area contributed by atoms with Gasteiger partial charge in [-0.1, -0.05) is 19.9 Å².